The number of carbonyl (C=O) groups is 2. The molecule has 0 aliphatic carbocycles. The maximum absolute atomic E-state index is 11.3. The normalized spacial score (nSPS) is 10.2. The van der Waals surface area contributed by atoms with Crippen molar-refractivity contribution in [3.8, 4) is 0 Å². The van der Waals surface area contributed by atoms with E-state index in [0.717, 1.165) is 0 Å². The van der Waals surface area contributed by atoms with Crippen molar-refractivity contribution >= 4 is 11.9 Å². The van der Waals surface area contributed by atoms with E-state index in [1.165, 1.54) is 0 Å². The van der Waals surface area contributed by atoms with Crippen molar-refractivity contribution in [1.82, 2.24) is 10.6 Å². The molecule has 16 heavy (non-hydrogen) atoms. The predicted octanol–water partition coefficient (Wildman–Crippen LogP) is 0.301. The molecule has 0 aromatic carbocycles. The molecule has 5 nitrogen and oxygen atoms in total. The largest absolute Gasteiger partial charge is 0.465 e. The summed E-state index contributed by atoms with van der Waals surface area (Å²) in [6, 6.07) is 0. The number of nitrogens with one attached hydrogen (secondary N) is 2. The minimum Gasteiger partial charge on any atom is -0.465 e. The van der Waals surface area contributed by atoms with E-state index in [2.05, 4.69) is 10.6 Å². The first kappa shape index (κ1) is 14.9. The molecule has 0 rings (SSSR count). The van der Waals surface area contributed by atoms with Crippen LogP contribution in [0, 0.1) is 5.92 Å². The first-order valence-corrected chi connectivity index (χ1v) is 5.69. The molecule has 94 valence electrons. The third kappa shape index (κ3) is 9.45. The molecule has 0 saturated heterocycles. The third-order valence-corrected chi connectivity index (χ3v) is 1.81. The second-order valence-electron chi connectivity index (χ2n) is 3.93. The average molecular weight is 230 g/mol. The highest BCUT2D eigenvalue weighted by Crippen LogP contribution is 1.87. The lowest BCUT2D eigenvalue weighted by Gasteiger charge is -2.08. The molecule has 0 aliphatic rings. The van der Waals surface area contributed by atoms with Crippen molar-refractivity contribution in [3.05, 3.63) is 0 Å². The molecule has 0 radical (unpaired) electrons. The van der Waals surface area contributed by atoms with E-state index in [1.807, 2.05) is 13.8 Å². The smallest absolute Gasteiger partial charge is 0.319 e. The summed E-state index contributed by atoms with van der Waals surface area (Å²) in [6.45, 7) is 7.57. The van der Waals surface area contributed by atoms with E-state index in [1.54, 1.807) is 6.92 Å². The maximum Gasteiger partial charge on any atom is 0.319 e. The summed E-state index contributed by atoms with van der Waals surface area (Å²) in [6.07, 6.45) is 0.381. The molecule has 0 fully saturated rings. The predicted molar refractivity (Wildman–Crippen MR) is 62.0 cm³/mol. The van der Waals surface area contributed by atoms with Gasteiger partial charge >= 0.3 is 5.97 Å². The van der Waals surface area contributed by atoms with Gasteiger partial charge in [0.05, 0.1) is 13.2 Å². The molecule has 0 spiro atoms. The Balaban J connectivity index is 3.37. The molecule has 1 amide bonds. The Morgan fingerprint density at radius 3 is 2.56 bits per heavy atom. The summed E-state index contributed by atoms with van der Waals surface area (Å²) in [5.74, 6) is 0.173. The van der Waals surface area contributed by atoms with Gasteiger partial charge in [-0.1, -0.05) is 13.8 Å². The van der Waals surface area contributed by atoms with Gasteiger partial charge in [-0.2, -0.15) is 0 Å². The van der Waals surface area contributed by atoms with Crippen LogP contribution in [0.2, 0.25) is 0 Å². The van der Waals surface area contributed by atoms with E-state index >= 15 is 0 Å². The first-order chi connectivity index (χ1) is 7.56. The minimum absolute atomic E-state index is 0.00468. The zero-order valence-corrected chi connectivity index (χ0v) is 10.3. The zero-order chi connectivity index (χ0) is 12.4. The van der Waals surface area contributed by atoms with Gasteiger partial charge in [0.1, 0.15) is 0 Å². The highest BCUT2D eigenvalue weighted by molar-refractivity contribution is 5.76. The SMILES string of the molecule is CCOC(=O)CNCCC(=O)NCC(C)C. The molecule has 0 bridgehead atoms. The lowest BCUT2D eigenvalue weighted by molar-refractivity contribution is -0.142. The topological polar surface area (TPSA) is 67.4 Å². The van der Waals surface area contributed by atoms with E-state index in [-0.39, 0.29) is 18.4 Å². The first-order valence-electron chi connectivity index (χ1n) is 5.69. The van der Waals surface area contributed by atoms with Gasteiger partial charge in [-0.05, 0) is 12.8 Å². The van der Waals surface area contributed by atoms with E-state index < -0.39 is 0 Å². The lowest BCUT2D eigenvalue weighted by atomic mass is 10.2. The molecule has 0 aromatic heterocycles. The molecule has 0 heterocycles. The van der Waals surface area contributed by atoms with Gasteiger partial charge < -0.3 is 15.4 Å². The fourth-order valence-corrected chi connectivity index (χ4v) is 1.01. The average Bonchev–Trinajstić information content (AvgIpc) is 2.22. The summed E-state index contributed by atoms with van der Waals surface area (Å²) >= 11 is 0. The molecular weight excluding hydrogens is 208 g/mol. The third-order valence-electron chi connectivity index (χ3n) is 1.81. The Bertz CT molecular complexity index is 217. The number of carbonyl (C=O) groups excluding carboxylic acids is 2. The Morgan fingerprint density at radius 2 is 2.00 bits per heavy atom. The van der Waals surface area contributed by atoms with Gasteiger partial charge in [0.25, 0.3) is 0 Å². The van der Waals surface area contributed by atoms with Crippen molar-refractivity contribution in [2.75, 3.05) is 26.2 Å². The van der Waals surface area contributed by atoms with Crippen LogP contribution in [0.3, 0.4) is 0 Å². The maximum atomic E-state index is 11.3. The van der Waals surface area contributed by atoms with Gasteiger partial charge in [-0.15, -0.1) is 0 Å². The Hall–Kier alpha value is -1.10. The van der Waals surface area contributed by atoms with Crippen molar-refractivity contribution in [2.45, 2.75) is 27.2 Å². The van der Waals surface area contributed by atoms with Gasteiger partial charge in [0.2, 0.25) is 5.91 Å². The van der Waals surface area contributed by atoms with Gasteiger partial charge in [0, 0.05) is 19.5 Å². The van der Waals surface area contributed by atoms with Crippen molar-refractivity contribution in [2.24, 2.45) is 5.92 Å². The monoisotopic (exact) mass is 230 g/mol. The van der Waals surface area contributed by atoms with Gasteiger partial charge in [0.15, 0.2) is 0 Å². The van der Waals surface area contributed by atoms with Crippen LogP contribution in [0.5, 0.6) is 0 Å². The van der Waals surface area contributed by atoms with Crippen molar-refractivity contribution < 1.29 is 14.3 Å². The molecule has 2 N–H and O–H groups in total. The molecule has 0 unspecified atom stereocenters. The zero-order valence-electron chi connectivity index (χ0n) is 10.3. The number of rotatable bonds is 8. The molecule has 5 heteroatoms. The quantitative estimate of drug-likeness (QED) is 0.465. The van der Waals surface area contributed by atoms with E-state index in [9.17, 15) is 9.59 Å². The number of esters is 1. The van der Waals surface area contributed by atoms with E-state index in [0.29, 0.717) is 32.0 Å². The number of hydrogen-bond acceptors (Lipinski definition) is 4. The fraction of sp³-hybridized carbons (Fsp3) is 0.818. The second-order valence-corrected chi connectivity index (χ2v) is 3.93. The molecule has 0 aromatic rings. The van der Waals surface area contributed by atoms with Crippen LogP contribution >= 0.6 is 0 Å². The summed E-state index contributed by atoms with van der Waals surface area (Å²) in [4.78, 5) is 22.2. The van der Waals surface area contributed by atoms with E-state index in [4.69, 9.17) is 4.74 Å². The molecule has 0 aliphatic heterocycles. The summed E-state index contributed by atoms with van der Waals surface area (Å²) in [7, 11) is 0. The molecule has 0 atom stereocenters. The summed E-state index contributed by atoms with van der Waals surface area (Å²) in [5, 5.41) is 5.65. The van der Waals surface area contributed by atoms with Crippen LogP contribution < -0.4 is 10.6 Å². The number of amides is 1. The summed E-state index contributed by atoms with van der Waals surface area (Å²) in [5.41, 5.74) is 0. The Morgan fingerprint density at radius 1 is 1.31 bits per heavy atom. The van der Waals surface area contributed by atoms with Crippen LogP contribution in [0.4, 0.5) is 0 Å². The van der Waals surface area contributed by atoms with Gasteiger partial charge in [-0.25, -0.2) is 0 Å². The lowest BCUT2D eigenvalue weighted by Crippen LogP contribution is -2.32. The Kier molecular flexibility index (Phi) is 8.52. The van der Waals surface area contributed by atoms with Crippen LogP contribution in [0.1, 0.15) is 27.2 Å². The highest BCUT2D eigenvalue weighted by Gasteiger charge is 2.03. The van der Waals surface area contributed by atoms with Crippen molar-refractivity contribution in [1.29, 1.82) is 0 Å². The number of ether oxygens (including phenoxy) is 1. The van der Waals surface area contributed by atoms with Crippen LogP contribution in [0.25, 0.3) is 0 Å². The van der Waals surface area contributed by atoms with Crippen LogP contribution in [0.15, 0.2) is 0 Å². The molecular formula is C11H22N2O3. The van der Waals surface area contributed by atoms with Crippen LogP contribution in [-0.4, -0.2) is 38.1 Å². The van der Waals surface area contributed by atoms with Crippen molar-refractivity contribution in [3.63, 3.8) is 0 Å². The van der Waals surface area contributed by atoms with Gasteiger partial charge in [-0.3, -0.25) is 9.59 Å². The minimum atomic E-state index is -0.287. The van der Waals surface area contributed by atoms with Crippen LogP contribution in [-0.2, 0) is 14.3 Å². The highest BCUT2D eigenvalue weighted by atomic mass is 16.5. The number of hydrogen-bond donors (Lipinski definition) is 2. The molecule has 0 saturated carbocycles. The second kappa shape index (κ2) is 9.15. The fourth-order valence-electron chi connectivity index (χ4n) is 1.01. The standard InChI is InChI=1S/C11H22N2O3/c1-4-16-11(15)8-12-6-5-10(14)13-7-9(2)3/h9,12H,4-8H2,1-3H3,(H,13,14). The summed E-state index contributed by atoms with van der Waals surface area (Å²) < 4.78 is 4.73. The Labute approximate surface area is 96.9 Å².